The van der Waals surface area contributed by atoms with Gasteiger partial charge < -0.3 is 16.0 Å². The van der Waals surface area contributed by atoms with Gasteiger partial charge in [0.2, 0.25) is 11.8 Å². The van der Waals surface area contributed by atoms with Crippen LogP contribution in [0.2, 0.25) is 0 Å². The number of hydrogen-bond acceptors (Lipinski definition) is 3. The molecule has 2 aromatic rings. The van der Waals surface area contributed by atoms with E-state index in [4.69, 9.17) is 5.73 Å². The molecule has 164 valence electrons. The van der Waals surface area contributed by atoms with Gasteiger partial charge in [-0.3, -0.25) is 9.59 Å². The van der Waals surface area contributed by atoms with E-state index in [2.05, 4.69) is 36.5 Å². The molecular formula is C26H33N3O2. The van der Waals surface area contributed by atoms with E-state index in [1.165, 1.54) is 6.42 Å². The minimum Gasteiger partial charge on any atom is -0.349 e. The van der Waals surface area contributed by atoms with Crippen molar-refractivity contribution in [2.24, 2.45) is 5.73 Å². The van der Waals surface area contributed by atoms with Crippen molar-refractivity contribution < 1.29 is 9.59 Å². The number of nitrogens with one attached hydrogen (secondary N) is 1. The molecule has 2 atom stereocenters. The molecule has 1 fully saturated rings. The Labute approximate surface area is 185 Å². The topological polar surface area (TPSA) is 75.4 Å². The molecule has 3 N–H and O–H groups in total. The van der Waals surface area contributed by atoms with Gasteiger partial charge in [0.25, 0.3) is 0 Å². The number of nitrogens with two attached hydrogens (primary N) is 1. The summed E-state index contributed by atoms with van der Waals surface area (Å²) < 4.78 is 0. The fraction of sp³-hybridized carbons (Fsp3) is 0.462. The van der Waals surface area contributed by atoms with Gasteiger partial charge in [0.1, 0.15) is 6.54 Å². The SMILES string of the molecule is Cc1ccc2c(c1)N(CC(=O)NC1(C)CCCCC1)C(=O)C(N)CC2c1ccccc1. The van der Waals surface area contributed by atoms with Crippen LogP contribution in [0.25, 0.3) is 0 Å². The molecule has 1 aliphatic carbocycles. The van der Waals surface area contributed by atoms with Gasteiger partial charge in [0.15, 0.2) is 0 Å². The maximum Gasteiger partial charge on any atom is 0.244 e. The van der Waals surface area contributed by atoms with Gasteiger partial charge >= 0.3 is 0 Å². The first-order valence-electron chi connectivity index (χ1n) is 11.4. The van der Waals surface area contributed by atoms with Gasteiger partial charge in [-0.15, -0.1) is 0 Å². The summed E-state index contributed by atoms with van der Waals surface area (Å²) >= 11 is 0. The van der Waals surface area contributed by atoms with Crippen LogP contribution in [-0.4, -0.2) is 29.9 Å². The van der Waals surface area contributed by atoms with Crippen LogP contribution in [0.4, 0.5) is 5.69 Å². The highest BCUT2D eigenvalue weighted by molar-refractivity contribution is 6.03. The van der Waals surface area contributed by atoms with E-state index in [9.17, 15) is 9.59 Å². The summed E-state index contributed by atoms with van der Waals surface area (Å²) in [5.41, 5.74) is 10.2. The van der Waals surface area contributed by atoms with E-state index in [1.54, 1.807) is 4.90 Å². The Morgan fingerprint density at radius 2 is 1.84 bits per heavy atom. The van der Waals surface area contributed by atoms with E-state index in [-0.39, 0.29) is 29.8 Å². The molecule has 2 aliphatic rings. The molecule has 0 radical (unpaired) electrons. The van der Waals surface area contributed by atoms with Crippen molar-refractivity contribution in [1.29, 1.82) is 0 Å². The smallest absolute Gasteiger partial charge is 0.244 e. The Kier molecular flexibility index (Phi) is 6.15. The van der Waals surface area contributed by atoms with E-state index >= 15 is 0 Å². The van der Waals surface area contributed by atoms with Gasteiger partial charge in [-0.1, -0.05) is 61.7 Å². The normalized spacial score (nSPS) is 23.1. The zero-order valence-electron chi connectivity index (χ0n) is 18.6. The third-order valence-corrected chi connectivity index (χ3v) is 6.83. The number of anilines is 1. The maximum atomic E-state index is 13.3. The summed E-state index contributed by atoms with van der Waals surface area (Å²) in [6, 6.07) is 15.7. The number of aryl methyl sites for hydroxylation is 1. The second-order valence-corrected chi connectivity index (χ2v) is 9.46. The lowest BCUT2D eigenvalue weighted by atomic mass is 9.83. The molecular weight excluding hydrogens is 386 g/mol. The summed E-state index contributed by atoms with van der Waals surface area (Å²) in [4.78, 5) is 28.0. The Hall–Kier alpha value is -2.66. The number of carbonyl (C=O) groups excluding carboxylic acids is 2. The molecule has 5 nitrogen and oxygen atoms in total. The van der Waals surface area contributed by atoms with Crippen molar-refractivity contribution in [3.05, 3.63) is 65.2 Å². The third-order valence-electron chi connectivity index (χ3n) is 6.83. The predicted molar refractivity (Wildman–Crippen MR) is 124 cm³/mol. The average molecular weight is 420 g/mol. The van der Waals surface area contributed by atoms with Crippen LogP contribution < -0.4 is 16.0 Å². The second kappa shape index (κ2) is 8.83. The average Bonchev–Trinajstić information content (AvgIpc) is 2.85. The highest BCUT2D eigenvalue weighted by atomic mass is 16.2. The molecule has 31 heavy (non-hydrogen) atoms. The molecule has 1 saturated carbocycles. The Balaban J connectivity index is 1.66. The van der Waals surface area contributed by atoms with Gasteiger partial charge in [0, 0.05) is 17.1 Å². The number of rotatable bonds is 4. The van der Waals surface area contributed by atoms with E-state index in [0.717, 1.165) is 48.1 Å². The minimum absolute atomic E-state index is 0.0000857. The molecule has 0 aromatic heterocycles. The van der Waals surface area contributed by atoms with Crippen LogP contribution in [0.1, 0.15) is 68.1 Å². The van der Waals surface area contributed by atoms with Crippen LogP contribution in [0, 0.1) is 6.92 Å². The Morgan fingerprint density at radius 3 is 2.55 bits per heavy atom. The number of amides is 2. The zero-order chi connectivity index (χ0) is 22.0. The van der Waals surface area contributed by atoms with Crippen molar-refractivity contribution >= 4 is 17.5 Å². The highest BCUT2D eigenvalue weighted by Crippen LogP contribution is 2.39. The summed E-state index contributed by atoms with van der Waals surface area (Å²) in [7, 11) is 0. The molecule has 0 saturated heterocycles. The first-order chi connectivity index (χ1) is 14.9. The van der Waals surface area contributed by atoms with Gasteiger partial charge in [-0.25, -0.2) is 0 Å². The molecule has 1 heterocycles. The van der Waals surface area contributed by atoms with E-state index in [1.807, 2.05) is 31.2 Å². The first-order valence-corrected chi connectivity index (χ1v) is 11.4. The Morgan fingerprint density at radius 1 is 1.13 bits per heavy atom. The van der Waals surface area contributed by atoms with Crippen LogP contribution >= 0.6 is 0 Å². The molecule has 0 spiro atoms. The van der Waals surface area contributed by atoms with Gasteiger partial charge in [-0.2, -0.15) is 0 Å². The van der Waals surface area contributed by atoms with Gasteiger partial charge in [0.05, 0.1) is 6.04 Å². The Bertz CT molecular complexity index is 950. The number of hydrogen-bond donors (Lipinski definition) is 2. The quantitative estimate of drug-likeness (QED) is 0.786. The minimum atomic E-state index is -0.657. The summed E-state index contributed by atoms with van der Waals surface area (Å²) in [6.45, 7) is 4.12. The van der Waals surface area contributed by atoms with Gasteiger partial charge in [-0.05, 0) is 55.9 Å². The van der Waals surface area contributed by atoms with E-state index < -0.39 is 6.04 Å². The second-order valence-electron chi connectivity index (χ2n) is 9.46. The van der Waals surface area contributed by atoms with Crippen molar-refractivity contribution in [3.8, 4) is 0 Å². The fourth-order valence-corrected chi connectivity index (χ4v) is 5.12. The molecule has 0 bridgehead atoms. The standard InChI is InChI=1S/C26H33N3O2/c1-18-11-12-20-21(19-9-5-3-6-10-19)16-22(27)25(31)29(23(20)15-18)17-24(30)28-26(2)13-7-4-8-14-26/h3,5-6,9-12,15,21-22H,4,7-8,13-14,16-17,27H2,1-2H3,(H,28,30). The van der Waals surface area contributed by atoms with Crippen molar-refractivity contribution in [1.82, 2.24) is 5.32 Å². The monoisotopic (exact) mass is 419 g/mol. The van der Waals surface area contributed by atoms with Crippen LogP contribution in [0.3, 0.4) is 0 Å². The molecule has 2 unspecified atom stereocenters. The fourth-order valence-electron chi connectivity index (χ4n) is 5.12. The largest absolute Gasteiger partial charge is 0.349 e. The van der Waals surface area contributed by atoms with Crippen molar-refractivity contribution in [2.45, 2.75) is 69.9 Å². The van der Waals surface area contributed by atoms with Crippen LogP contribution in [-0.2, 0) is 9.59 Å². The van der Waals surface area contributed by atoms with Crippen molar-refractivity contribution in [2.75, 3.05) is 11.4 Å². The summed E-state index contributed by atoms with van der Waals surface area (Å²) in [6.07, 6.45) is 5.97. The molecule has 4 rings (SSSR count). The maximum absolute atomic E-state index is 13.3. The summed E-state index contributed by atoms with van der Waals surface area (Å²) in [5, 5.41) is 3.21. The van der Waals surface area contributed by atoms with Crippen molar-refractivity contribution in [3.63, 3.8) is 0 Å². The lowest BCUT2D eigenvalue weighted by Gasteiger charge is -2.35. The van der Waals surface area contributed by atoms with E-state index in [0.29, 0.717) is 6.42 Å². The van der Waals surface area contributed by atoms with Crippen LogP contribution in [0.5, 0.6) is 0 Å². The third kappa shape index (κ3) is 4.67. The molecule has 5 heteroatoms. The number of nitrogens with zero attached hydrogens (tertiary/aromatic N) is 1. The molecule has 1 aliphatic heterocycles. The number of benzene rings is 2. The number of fused-ring (bicyclic) bond motifs is 1. The lowest BCUT2D eigenvalue weighted by Crippen LogP contribution is -2.53. The predicted octanol–water partition coefficient (Wildman–Crippen LogP) is 4.03. The zero-order valence-corrected chi connectivity index (χ0v) is 18.6. The lowest BCUT2D eigenvalue weighted by molar-refractivity contribution is -0.125. The van der Waals surface area contributed by atoms with Crippen LogP contribution in [0.15, 0.2) is 48.5 Å². The summed E-state index contributed by atoms with van der Waals surface area (Å²) in [5.74, 6) is -0.288. The highest BCUT2D eigenvalue weighted by Gasteiger charge is 2.36. The molecule has 2 amide bonds. The first kappa shape index (κ1) is 21.6. The molecule has 2 aromatic carbocycles. The number of carbonyl (C=O) groups is 2.